The minimum Gasteiger partial charge on any atom is -0.478 e. The maximum atomic E-state index is 11.8. The van der Waals surface area contributed by atoms with Crippen LogP contribution in [0.15, 0.2) is 18.3 Å². The van der Waals surface area contributed by atoms with Gasteiger partial charge in [0.25, 0.3) is 0 Å². The number of pyridine rings is 1. The van der Waals surface area contributed by atoms with Crippen molar-refractivity contribution in [3.63, 3.8) is 0 Å². The first-order valence-corrected chi connectivity index (χ1v) is 6.08. The maximum Gasteiger partial charge on any atom is 0.335 e. The van der Waals surface area contributed by atoms with Crippen LogP contribution in [0.25, 0.3) is 0 Å². The monoisotopic (exact) mass is 281 g/mol. The van der Waals surface area contributed by atoms with E-state index >= 15 is 0 Å². The number of nitrogens with one attached hydrogen (secondary N) is 1. The van der Waals surface area contributed by atoms with Crippen molar-refractivity contribution in [2.24, 2.45) is 0 Å². The smallest absolute Gasteiger partial charge is 0.335 e. The van der Waals surface area contributed by atoms with E-state index in [0.717, 1.165) is 0 Å². The summed E-state index contributed by atoms with van der Waals surface area (Å²) in [6.07, 6.45) is 1.38. The average molecular weight is 281 g/mol. The van der Waals surface area contributed by atoms with Crippen molar-refractivity contribution in [1.29, 1.82) is 0 Å². The van der Waals surface area contributed by atoms with Gasteiger partial charge in [-0.2, -0.15) is 0 Å². The van der Waals surface area contributed by atoms with E-state index in [0.29, 0.717) is 5.69 Å². The summed E-state index contributed by atoms with van der Waals surface area (Å²) in [7, 11) is 1.56. The molecule has 0 radical (unpaired) electrons. The number of amides is 2. The molecule has 0 saturated carbocycles. The fourth-order valence-corrected chi connectivity index (χ4v) is 1.66. The topological polar surface area (TPSA) is 103 Å². The second-order valence-electron chi connectivity index (χ2n) is 5.17. The fourth-order valence-electron chi connectivity index (χ4n) is 1.66. The number of hydrogen-bond donors (Lipinski definition) is 3. The van der Waals surface area contributed by atoms with Gasteiger partial charge in [0, 0.05) is 13.2 Å². The highest BCUT2D eigenvalue weighted by molar-refractivity contribution is 5.87. The lowest BCUT2D eigenvalue weighted by atomic mass is 10.1. The Balaban J connectivity index is 2.57. The maximum absolute atomic E-state index is 11.8. The Morgan fingerprint density at radius 2 is 2.10 bits per heavy atom. The molecule has 1 aromatic heterocycles. The zero-order chi connectivity index (χ0) is 15.3. The molecule has 0 aromatic carbocycles. The number of rotatable bonds is 5. The zero-order valence-electron chi connectivity index (χ0n) is 11.8. The lowest BCUT2D eigenvalue weighted by molar-refractivity contribution is 0.0531. The van der Waals surface area contributed by atoms with Gasteiger partial charge in [-0.3, -0.25) is 4.98 Å². The molecule has 2 amide bonds. The number of aromatic carboxylic acids is 1. The predicted octanol–water partition coefficient (Wildman–Crippen LogP) is 0.692. The highest BCUT2D eigenvalue weighted by atomic mass is 16.4. The van der Waals surface area contributed by atoms with Gasteiger partial charge >= 0.3 is 12.0 Å². The summed E-state index contributed by atoms with van der Waals surface area (Å²) >= 11 is 0. The van der Waals surface area contributed by atoms with Gasteiger partial charge in [0.1, 0.15) is 0 Å². The van der Waals surface area contributed by atoms with Crippen molar-refractivity contribution in [1.82, 2.24) is 15.2 Å². The molecule has 3 N–H and O–H groups in total. The van der Waals surface area contributed by atoms with Gasteiger partial charge in [-0.25, -0.2) is 9.59 Å². The Labute approximate surface area is 117 Å². The second kappa shape index (κ2) is 6.33. The first-order valence-electron chi connectivity index (χ1n) is 6.08. The van der Waals surface area contributed by atoms with Crippen LogP contribution >= 0.6 is 0 Å². The molecule has 7 heteroatoms. The molecule has 0 spiro atoms. The van der Waals surface area contributed by atoms with Gasteiger partial charge in [-0.1, -0.05) is 0 Å². The van der Waals surface area contributed by atoms with Gasteiger partial charge in [-0.15, -0.1) is 0 Å². The third-order valence-corrected chi connectivity index (χ3v) is 2.46. The third kappa shape index (κ3) is 5.23. The molecule has 110 valence electrons. The van der Waals surface area contributed by atoms with Crippen molar-refractivity contribution in [2.45, 2.75) is 26.0 Å². The molecule has 0 saturated heterocycles. The minimum absolute atomic E-state index is 0.120. The van der Waals surface area contributed by atoms with Crippen molar-refractivity contribution in [3.05, 3.63) is 29.6 Å². The van der Waals surface area contributed by atoms with Crippen molar-refractivity contribution in [3.8, 4) is 0 Å². The quantitative estimate of drug-likeness (QED) is 0.737. The molecule has 0 bridgehead atoms. The normalized spacial score (nSPS) is 11.0. The van der Waals surface area contributed by atoms with Crippen LogP contribution in [0.4, 0.5) is 4.79 Å². The van der Waals surface area contributed by atoms with E-state index in [1.165, 1.54) is 23.2 Å². The van der Waals surface area contributed by atoms with E-state index in [1.807, 2.05) is 0 Å². The fraction of sp³-hybridized carbons (Fsp3) is 0.462. The number of carboxylic acid groups (broad SMARTS) is 1. The van der Waals surface area contributed by atoms with Gasteiger partial charge < -0.3 is 20.4 Å². The Morgan fingerprint density at radius 3 is 2.65 bits per heavy atom. The number of carbonyl (C=O) groups is 2. The molecule has 0 fully saturated rings. The Morgan fingerprint density at radius 1 is 1.45 bits per heavy atom. The number of nitrogens with zero attached hydrogens (tertiary/aromatic N) is 2. The largest absolute Gasteiger partial charge is 0.478 e. The van der Waals surface area contributed by atoms with Crippen LogP contribution in [0.1, 0.15) is 29.9 Å². The summed E-state index contributed by atoms with van der Waals surface area (Å²) in [4.78, 5) is 27.9. The van der Waals surface area contributed by atoms with Crippen LogP contribution in [0.3, 0.4) is 0 Å². The standard InChI is InChI=1S/C13H19N3O4/c1-13(2,20)8-16(3)12(19)15-7-10-6-9(11(17)18)4-5-14-10/h4-6,20H,7-8H2,1-3H3,(H,15,19)(H,17,18). The number of hydrogen-bond acceptors (Lipinski definition) is 4. The van der Waals surface area contributed by atoms with Gasteiger partial charge in [0.2, 0.25) is 0 Å². The van der Waals surface area contributed by atoms with Gasteiger partial charge in [0.05, 0.1) is 29.9 Å². The Hall–Kier alpha value is -2.15. The summed E-state index contributed by atoms with van der Waals surface area (Å²) in [6.45, 7) is 3.51. The summed E-state index contributed by atoms with van der Waals surface area (Å²) in [5.41, 5.74) is -0.405. The molecular formula is C13H19N3O4. The lowest BCUT2D eigenvalue weighted by Crippen LogP contribution is -2.44. The predicted molar refractivity (Wildman–Crippen MR) is 72.4 cm³/mol. The number of carbonyl (C=O) groups excluding carboxylic acids is 1. The number of aliphatic hydroxyl groups is 1. The first-order chi connectivity index (χ1) is 9.19. The van der Waals surface area contributed by atoms with E-state index in [1.54, 1.807) is 20.9 Å². The molecule has 0 aliphatic heterocycles. The Bertz CT molecular complexity index is 497. The summed E-state index contributed by atoms with van der Waals surface area (Å²) in [6, 6.07) is 2.42. The van der Waals surface area contributed by atoms with Crippen LogP contribution in [-0.2, 0) is 6.54 Å². The van der Waals surface area contributed by atoms with E-state index in [2.05, 4.69) is 10.3 Å². The highest BCUT2D eigenvalue weighted by Crippen LogP contribution is 2.04. The molecule has 0 atom stereocenters. The summed E-state index contributed by atoms with van der Waals surface area (Å²) in [5, 5.41) is 21.1. The molecule has 0 aliphatic carbocycles. The summed E-state index contributed by atoms with van der Waals surface area (Å²) < 4.78 is 0. The van der Waals surface area contributed by atoms with Crippen LogP contribution in [-0.4, -0.2) is 51.3 Å². The van der Waals surface area contributed by atoms with E-state index in [9.17, 15) is 14.7 Å². The van der Waals surface area contributed by atoms with Crippen molar-refractivity contribution in [2.75, 3.05) is 13.6 Å². The molecule has 20 heavy (non-hydrogen) atoms. The second-order valence-corrected chi connectivity index (χ2v) is 5.17. The molecule has 0 unspecified atom stereocenters. The van der Waals surface area contributed by atoms with Crippen LogP contribution in [0.5, 0.6) is 0 Å². The first kappa shape index (κ1) is 15.9. The molecule has 7 nitrogen and oxygen atoms in total. The van der Waals surface area contributed by atoms with Gasteiger partial charge in [-0.05, 0) is 26.0 Å². The SMILES string of the molecule is CN(CC(C)(C)O)C(=O)NCc1cc(C(=O)O)ccn1. The Kier molecular flexibility index (Phi) is 5.04. The highest BCUT2D eigenvalue weighted by Gasteiger charge is 2.19. The van der Waals surface area contributed by atoms with Crippen molar-refractivity contribution >= 4 is 12.0 Å². The van der Waals surface area contributed by atoms with E-state index < -0.39 is 11.6 Å². The van der Waals surface area contributed by atoms with Crippen LogP contribution in [0, 0.1) is 0 Å². The molecule has 1 heterocycles. The van der Waals surface area contributed by atoms with Crippen LogP contribution < -0.4 is 5.32 Å². The van der Waals surface area contributed by atoms with E-state index in [-0.39, 0.29) is 24.7 Å². The average Bonchev–Trinajstić information content (AvgIpc) is 2.34. The molecule has 1 aromatic rings. The summed E-state index contributed by atoms with van der Waals surface area (Å²) in [5.74, 6) is -1.04. The number of urea groups is 1. The number of likely N-dealkylation sites (N-methyl/N-ethyl adjacent to an activating group) is 1. The lowest BCUT2D eigenvalue weighted by Gasteiger charge is -2.25. The molecule has 1 rings (SSSR count). The minimum atomic E-state index is -1.04. The van der Waals surface area contributed by atoms with Crippen molar-refractivity contribution < 1.29 is 19.8 Å². The molecule has 0 aliphatic rings. The van der Waals surface area contributed by atoms with E-state index in [4.69, 9.17) is 5.11 Å². The molecular weight excluding hydrogens is 262 g/mol. The van der Waals surface area contributed by atoms with Gasteiger partial charge in [0.15, 0.2) is 0 Å². The van der Waals surface area contributed by atoms with Crippen LogP contribution in [0.2, 0.25) is 0 Å². The number of aromatic nitrogens is 1. The number of carboxylic acids is 1. The zero-order valence-corrected chi connectivity index (χ0v) is 11.8. The third-order valence-electron chi connectivity index (χ3n) is 2.46.